The zero-order valence-electron chi connectivity index (χ0n) is 12.4. The topological polar surface area (TPSA) is 46.8 Å². The fourth-order valence-electron chi connectivity index (χ4n) is 2.80. The molecule has 3 heterocycles. The first-order chi connectivity index (χ1) is 10.2. The van der Waals surface area contributed by atoms with E-state index in [1.807, 2.05) is 36.0 Å². The molecule has 21 heavy (non-hydrogen) atoms. The third-order valence-corrected chi connectivity index (χ3v) is 4.03. The van der Waals surface area contributed by atoms with Crippen LogP contribution in [0.3, 0.4) is 0 Å². The lowest BCUT2D eigenvalue weighted by atomic mass is 10.1. The summed E-state index contributed by atoms with van der Waals surface area (Å²) < 4.78 is 7.47. The van der Waals surface area contributed by atoms with Crippen LogP contribution in [0.1, 0.15) is 36.0 Å². The molecule has 0 aliphatic carbocycles. The van der Waals surface area contributed by atoms with Crippen molar-refractivity contribution in [1.29, 1.82) is 0 Å². The normalized spacial score (nSPS) is 18.2. The van der Waals surface area contributed by atoms with Crippen molar-refractivity contribution in [2.75, 3.05) is 20.2 Å². The number of hydrogen-bond acceptors (Lipinski definition) is 3. The fourth-order valence-corrected chi connectivity index (χ4v) is 2.80. The number of carbonyl (C=O) groups excluding carboxylic acids is 1. The highest BCUT2D eigenvalue weighted by atomic mass is 16.5. The minimum absolute atomic E-state index is 0.0536. The summed E-state index contributed by atoms with van der Waals surface area (Å²) in [4.78, 5) is 18.4. The van der Waals surface area contributed by atoms with Crippen molar-refractivity contribution < 1.29 is 9.53 Å². The van der Waals surface area contributed by atoms with Crippen molar-refractivity contribution in [3.8, 4) is 0 Å². The Morgan fingerprint density at radius 2 is 2.43 bits per heavy atom. The van der Waals surface area contributed by atoms with Crippen LogP contribution in [0.15, 0.2) is 30.7 Å². The molecule has 1 saturated heterocycles. The molecule has 1 amide bonds. The maximum absolute atomic E-state index is 12.4. The van der Waals surface area contributed by atoms with E-state index in [2.05, 4.69) is 4.98 Å². The highest BCUT2D eigenvalue weighted by Crippen LogP contribution is 2.17. The number of nitrogens with zero attached hydrogens (tertiary/aromatic N) is 3. The predicted octanol–water partition coefficient (Wildman–Crippen LogP) is 2.37. The molecule has 1 fully saturated rings. The van der Waals surface area contributed by atoms with Crippen molar-refractivity contribution in [2.45, 2.75) is 31.8 Å². The molecule has 1 aliphatic rings. The lowest BCUT2D eigenvalue weighted by Gasteiger charge is -2.18. The highest BCUT2D eigenvalue weighted by molar-refractivity contribution is 5.94. The monoisotopic (exact) mass is 287 g/mol. The van der Waals surface area contributed by atoms with E-state index < -0.39 is 0 Å². The zero-order chi connectivity index (χ0) is 14.7. The Balaban J connectivity index is 1.55. The third-order valence-electron chi connectivity index (χ3n) is 4.03. The fraction of sp³-hybridized carbons (Fsp3) is 0.500. The van der Waals surface area contributed by atoms with Gasteiger partial charge in [-0.15, -0.1) is 0 Å². The molecule has 0 saturated carbocycles. The number of carbonyl (C=O) groups is 1. The summed E-state index contributed by atoms with van der Waals surface area (Å²) in [7, 11) is 1.86. The summed E-state index contributed by atoms with van der Waals surface area (Å²) in [5, 5.41) is 0. The maximum atomic E-state index is 12.4. The van der Waals surface area contributed by atoms with E-state index >= 15 is 0 Å². The average Bonchev–Trinajstić information content (AvgIpc) is 3.16. The van der Waals surface area contributed by atoms with Gasteiger partial charge >= 0.3 is 0 Å². The van der Waals surface area contributed by atoms with E-state index in [1.165, 1.54) is 6.42 Å². The van der Waals surface area contributed by atoms with Gasteiger partial charge in [-0.3, -0.25) is 4.79 Å². The predicted molar refractivity (Wildman–Crippen MR) is 80.4 cm³/mol. The molecule has 1 atom stereocenters. The first kappa shape index (κ1) is 14.1. The van der Waals surface area contributed by atoms with Gasteiger partial charge in [-0.05, 0) is 37.8 Å². The first-order valence-electron chi connectivity index (χ1n) is 7.54. The van der Waals surface area contributed by atoms with Gasteiger partial charge < -0.3 is 14.0 Å². The highest BCUT2D eigenvalue weighted by Gasteiger charge is 2.16. The van der Waals surface area contributed by atoms with Gasteiger partial charge in [0.05, 0.1) is 11.7 Å². The van der Waals surface area contributed by atoms with Crippen LogP contribution in [0.4, 0.5) is 0 Å². The molecule has 0 unspecified atom stereocenters. The van der Waals surface area contributed by atoms with Gasteiger partial charge in [-0.2, -0.15) is 0 Å². The van der Waals surface area contributed by atoms with Gasteiger partial charge in [0.2, 0.25) is 0 Å². The summed E-state index contributed by atoms with van der Waals surface area (Å²) in [5.41, 5.74) is 1.55. The molecule has 5 heteroatoms. The minimum Gasteiger partial charge on any atom is -0.378 e. The Hall–Kier alpha value is -1.88. The first-order valence-corrected chi connectivity index (χ1v) is 7.54. The third kappa shape index (κ3) is 3.24. The second kappa shape index (κ2) is 6.26. The second-order valence-corrected chi connectivity index (χ2v) is 5.61. The summed E-state index contributed by atoms with van der Waals surface area (Å²) in [6.45, 7) is 1.66. The molecular weight excluding hydrogens is 266 g/mol. The van der Waals surface area contributed by atoms with Crippen molar-refractivity contribution >= 4 is 11.6 Å². The van der Waals surface area contributed by atoms with Crippen LogP contribution in [0.25, 0.3) is 5.65 Å². The smallest absolute Gasteiger partial charge is 0.255 e. The Labute approximate surface area is 124 Å². The number of pyridine rings is 1. The largest absolute Gasteiger partial charge is 0.378 e. The average molecular weight is 287 g/mol. The van der Waals surface area contributed by atoms with Gasteiger partial charge in [0.15, 0.2) is 0 Å². The Morgan fingerprint density at radius 3 is 3.24 bits per heavy atom. The Bertz CT molecular complexity index is 617. The van der Waals surface area contributed by atoms with Crippen LogP contribution in [0.5, 0.6) is 0 Å². The number of hydrogen-bond donors (Lipinski definition) is 0. The quantitative estimate of drug-likeness (QED) is 0.848. The van der Waals surface area contributed by atoms with E-state index in [1.54, 1.807) is 11.1 Å². The molecule has 0 bridgehead atoms. The summed E-state index contributed by atoms with van der Waals surface area (Å²) in [5.74, 6) is 0.0536. The number of aromatic nitrogens is 2. The van der Waals surface area contributed by atoms with E-state index in [-0.39, 0.29) is 5.91 Å². The summed E-state index contributed by atoms with van der Waals surface area (Å²) in [6.07, 6.45) is 10.2. The lowest BCUT2D eigenvalue weighted by Crippen LogP contribution is -2.28. The Kier molecular flexibility index (Phi) is 4.20. The molecule has 0 radical (unpaired) electrons. The van der Waals surface area contributed by atoms with Crippen LogP contribution in [0.2, 0.25) is 0 Å². The molecule has 1 aliphatic heterocycles. The molecule has 2 aromatic heterocycles. The molecule has 5 nitrogen and oxygen atoms in total. The van der Waals surface area contributed by atoms with E-state index in [4.69, 9.17) is 4.74 Å². The van der Waals surface area contributed by atoms with Crippen LogP contribution in [0, 0.1) is 0 Å². The second-order valence-electron chi connectivity index (χ2n) is 5.61. The van der Waals surface area contributed by atoms with Crippen molar-refractivity contribution in [1.82, 2.24) is 14.3 Å². The summed E-state index contributed by atoms with van der Waals surface area (Å²) in [6, 6.07) is 3.70. The van der Waals surface area contributed by atoms with E-state index in [0.717, 1.165) is 38.1 Å². The molecule has 0 N–H and O–H groups in total. The van der Waals surface area contributed by atoms with Crippen LogP contribution >= 0.6 is 0 Å². The lowest BCUT2D eigenvalue weighted by molar-refractivity contribution is 0.0762. The maximum Gasteiger partial charge on any atom is 0.255 e. The number of amides is 1. The molecule has 0 spiro atoms. The number of imidazole rings is 1. The van der Waals surface area contributed by atoms with Crippen molar-refractivity contribution in [2.24, 2.45) is 0 Å². The van der Waals surface area contributed by atoms with Crippen LogP contribution < -0.4 is 0 Å². The SMILES string of the molecule is CN(CCC[C@@H]1CCCO1)C(=O)c1ccc2nccn2c1. The molecule has 0 aromatic carbocycles. The van der Waals surface area contributed by atoms with Crippen molar-refractivity contribution in [3.63, 3.8) is 0 Å². The van der Waals surface area contributed by atoms with Gasteiger partial charge in [-0.25, -0.2) is 4.98 Å². The van der Waals surface area contributed by atoms with Gasteiger partial charge in [0.1, 0.15) is 5.65 Å². The van der Waals surface area contributed by atoms with Crippen molar-refractivity contribution in [3.05, 3.63) is 36.3 Å². The Morgan fingerprint density at radius 1 is 1.52 bits per heavy atom. The van der Waals surface area contributed by atoms with Crippen LogP contribution in [-0.4, -0.2) is 46.5 Å². The molecule has 3 rings (SSSR count). The van der Waals surface area contributed by atoms with E-state index in [9.17, 15) is 4.79 Å². The summed E-state index contributed by atoms with van der Waals surface area (Å²) >= 11 is 0. The standard InChI is InChI=1S/C16H21N3O2/c1-18(9-2-4-14-5-3-11-21-14)16(20)13-6-7-15-17-8-10-19(15)12-13/h6-8,10,12,14H,2-5,9,11H2,1H3/t14-/m1/s1. The van der Waals surface area contributed by atoms with Crippen LogP contribution in [-0.2, 0) is 4.74 Å². The molecule has 112 valence electrons. The zero-order valence-corrected chi connectivity index (χ0v) is 12.4. The molecular formula is C16H21N3O2. The van der Waals surface area contributed by atoms with Gasteiger partial charge in [0.25, 0.3) is 5.91 Å². The number of rotatable bonds is 5. The van der Waals surface area contributed by atoms with Gasteiger partial charge in [0, 0.05) is 38.8 Å². The van der Waals surface area contributed by atoms with E-state index in [0.29, 0.717) is 11.7 Å². The number of fused-ring (bicyclic) bond motifs is 1. The van der Waals surface area contributed by atoms with Gasteiger partial charge in [-0.1, -0.05) is 0 Å². The minimum atomic E-state index is 0.0536. The molecule has 2 aromatic rings. The number of ether oxygens (including phenoxy) is 1.